The van der Waals surface area contributed by atoms with Gasteiger partial charge in [0.1, 0.15) is 0 Å². The van der Waals surface area contributed by atoms with E-state index >= 15 is 0 Å². The summed E-state index contributed by atoms with van der Waals surface area (Å²) in [5.74, 6) is -3.65. The zero-order valence-electron chi connectivity index (χ0n) is 4.71. The van der Waals surface area contributed by atoms with Crippen molar-refractivity contribution >= 4 is 22.9 Å². The quantitative estimate of drug-likeness (QED) is 0.265. The summed E-state index contributed by atoms with van der Waals surface area (Å²) in [6, 6.07) is 0. The van der Waals surface area contributed by atoms with Crippen molar-refractivity contribution in [2.45, 2.75) is 0 Å². The third-order valence-corrected chi connectivity index (χ3v) is 0.183. The van der Waals surface area contributed by atoms with E-state index in [1.807, 2.05) is 0 Å². The number of aliphatic carboxylic acids is 2. The maximum Gasteiger partial charge on any atom is 1.00 e. The molecule has 0 aromatic heterocycles. The van der Waals surface area contributed by atoms with E-state index in [0.29, 0.717) is 0 Å². The summed E-state index contributed by atoms with van der Waals surface area (Å²) in [6.07, 6.45) is 0. The van der Waals surface area contributed by atoms with Crippen LogP contribution in [0, 0.1) is 0 Å². The van der Waals surface area contributed by atoms with Crippen LogP contribution < -0.4 is 29.6 Å². The fourth-order valence-electron chi connectivity index (χ4n) is 0. The summed E-state index contributed by atoms with van der Waals surface area (Å²) in [5.41, 5.74) is 0. The molecule has 0 amide bonds. The van der Waals surface area contributed by atoms with Crippen LogP contribution in [0.4, 0.5) is 0 Å². The molecule has 0 unspecified atom stereocenters. The normalized spacial score (nSPS) is 5.50. The van der Waals surface area contributed by atoms with Crippen LogP contribution in [0.1, 0.15) is 1.43 Å². The molecule has 0 radical (unpaired) electrons. The van der Waals surface area contributed by atoms with Crippen molar-refractivity contribution in [1.82, 2.24) is 0 Å². The number of carbonyl (C=O) groups is 2. The third kappa shape index (κ3) is 9.48. The summed E-state index contributed by atoms with van der Waals surface area (Å²) in [4.78, 5) is 18.2. The zero-order chi connectivity index (χ0) is 5.15. The van der Waals surface area contributed by atoms with E-state index < -0.39 is 11.9 Å². The van der Waals surface area contributed by atoms with Gasteiger partial charge in [-0.05, 0) is 11.0 Å². The minimum absolute atomic E-state index is 0. The SMILES string of the molecule is O=C(O)C(=O)O.[H-].[Na+].[SiH4]. The first-order valence-electron chi connectivity index (χ1n) is 1.11. The number of carboxylic acid groups (broad SMARTS) is 2. The molecule has 2 N–H and O–H groups in total. The predicted octanol–water partition coefficient (Wildman–Crippen LogP) is -5.18. The van der Waals surface area contributed by atoms with Crippen molar-refractivity contribution in [2.75, 3.05) is 0 Å². The van der Waals surface area contributed by atoms with E-state index in [-0.39, 0.29) is 41.9 Å². The van der Waals surface area contributed by atoms with Crippen LogP contribution in [-0.2, 0) is 9.59 Å². The molecule has 0 aromatic carbocycles. The maximum atomic E-state index is 9.10. The second kappa shape index (κ2) is 7.16. The summed E-state index contributed by atoms with van der Waals surface area (Å²) in [5, 5.41) is 14.8. The summed E-state index contributed by atoms with van der Waals surface area (Å²) >= 11 is 0. The molecule has 0 heterocycles. The molecule has 0 rings (SSSR count). The summed E-state index contributed by atoms with van der Waals surface area (Å²) < 4.78 is 0. The maximum absolute atomic E-state index is 9.10. The molecular formula is C2H7NaO4Si. The Hall–Kier alpha value is 0.157. The fourth-order valence-corrected chi connectivity index (χ4v) is 0. The molecule has 0 aliphatic rings. The summed E-state index contributed by atoms with van der Waals surface area (Å²) in [7, 11) is 0. The smallest absolute Gasteiger partial charge is 1.00 e. The molecule has 8 heavy (non-hydrogen) atoms. The third-order valence-electron chi connectivity index (χ3n) is 0.183. The molecule has 44 valence electrons. The van der Waals surface area contributed by atoms with E-state index in [1.54, 1.807) is 0 Å². The van der Waals surface area contributed by atoms with Crippen molar-refractivity contribution in [1.29, 1.82) is 0 Å². The van der Waals surface area contributed by atoms with Crippen LogP contribution in [0.3, 0.4) is 0 Å². The molecular weight excluding hydrogens is 139 g/mol. The van der Waals surface area contributed by atoms with Crippen LogP contribution in [0.25, 0.3) is 0 Å². The molecule has 4 nitrogen and oxygen atoms in total. The van der Waals surface area contributed by atoms with Gasteiger partial charge in [-0.15, -0.1) is 0 Å². The fraction of sp³-hybridized carbons (Fsp3) is 0. The van der Waals surface area contributed by atoms with Crippen molar-refractivity contribution < 1.29 is 50.8 Å². The molecule has 0 aromatic rings. The van der Waals surface area contributed by atoms with Crippen LogP contribution in [0.5, 0.6) is 0 Å². The Morgan fingerprint density at radius 3 is 1.25 bits per heavy atom. The van der Waals surface area contributed by atoms with Crippen LogP contribution >= 0.6 is 0 Å². The van der Waals surface area contributed by atoms with Gasteiger partial charge in [0.2, 0.25) is 0 Å². The minimum atomic E-state index is -1.82. The van der Waals surface area contributed by atoms with Gasteiger partial charge in [0, 0.05) is 0 Å². The Labute approximate surface area is 73.7 Å². The molecule has 0 saturated heterocycles. The number of carboxylic acids is 2. The first kappa shape index (κ1) is 15.7. The number of hydrogen-bond donors (Lipinski definition) is 2. The van der Waals surface area contributed by atoms with Gasteiger partial charge in [0.25, 0.3) is 0 Å². The standard InChI is InChI=1S/C2H2O4.Na.H4Si.H/c3-1(4)2(5)6;;;/h(H,3,4)(H,5,6);;1H4;/q;+1;;-1. The molecule has 0 aliphatic carbocycles. The number of hydrogen-bond acceptors (Lipinski definition) is 2. The summed E-state index contributed by atoms with van der Waals surface area (Å²) in [6.45, 7) is 0. The topological polar surface area (TPSA) is 74.6 Å². The largest absolute Gasteiger partial charge is 1.00 e. The van der Waals surface area contributed by atoms with Crippen LogP contribution in [0.2, 0.25) is 0 Å². The second-order valence-electron chi connectivity index (χ2n) is 0.610. The molecule has 0 fully saturated rings. The Kier molecular flexibility index (Phi) is 14.1. The molecule has 0 spiro atoms. The van der Waals surface area contributed by atoms with Gasteiger partial charge in [0.05, 0.1) is 0 Å². The second-order valence-corrected chi connectivity index (χ2v) is 0.610. The van der Waals surface area contributed by atoms with Gasteiger partial charge >= 0.3 is 41.5 Å². The molecule has 0 saturated carbocycles. The molecule has 6 heteroatoms. The number of rotatable bonds is 0. The van der Waals surface area contributed by atoms with E-state index in [1.165, 1.54) is 0 Å². The predicted molar refractivity (Wildman–Crippen MR) is 27.7 cm³/mol. The van der Waals surface area contributed by atoms with Gasteiger partial charge in [-0.1, -0.05) is 0 Å². The van der Waals surface area contributed by atoms with Crippen LogP contribution in [-0.4, -0.2) is 33.1 Å². The Bertz CT molecular complexity index is 84.6. The van der Waals surface area contributed by atoms with E-state index in [2.05, 4.69) is 0 Å². The molecule has 0 aliphatic heterocycles. The first-order chi connectivity index (χ1) is 2.64. The van der Waals surface area contributed by atoms with E-state index in [9.17, 15) is 0 Å². The van der Waals surface area contributed by atoms with Gasteiger partial charge in [-0.2, -0.15) is 0 Å². The van der Waals surface area contributed by atoms with E-state index in [0.717, 1.165) is 0 Å². The Morgan fingerprint density at radius 1 is 1.12 bits per heavy atom. The zero-order valence-corrected chi connectivity index (χ0v) is 5.71. The van der Waals surface area contributed by atoms with Crippen molar-refractivity contribution in [3.63, 3.8) is 0 Å². The molecule has 0 bridgehead atoms. The van der Waals surface area contributed by atoms with Gasteiger partial charge in [0.15, 0.2) is 0 Å². The minimum Gasteiger partial charge on any atom is -1.00 e. The van der Waals surface area contributed by atoms with Crippen LogP contribution in [0.15, 0.2) is 0 Å². The van der Waals surface area contributed by atoms with Gasteiger partial charge in [-0.3, -0.25) is 0 Å². The van der Waals surface area contributed by atoms with E-state index in [4.69, 9.17) is 19.8 Å². The van der Waals surface area contributed by atoms with Crippen molar-refractivity contribution in [2.24, 2.45) is 0 Å². The average Bonchev–Trinajstić information content (AvgIpc) is 1.36. The van der Waals surface area contributed by atoms with Gasteiger partial charge < -0.3 is 11.6 Å². The first-order valence-corrected chi connectivity index (χ1v) is 1.11. The van der Waals surface area contributed by atoms with Crippen molar-refractivity contribution in [3.05, 3.63) is 0 Å². The average molecular weight is 146 g/mol. The molecule has 0 atom stereocenters. The van der Waals surface area contributed by atoms with Gasteiger partial charge in [-0.25, -0.2) is 9.59 Å². The Morgan fingerprint density at radius 2 is 1.25 bits per heavy atom. The Balaban J connectivity index is -0.0000000417. The monoisotopic (exact) mass is 146 g/mol. The van der Waals surface area contributed by atoms with Crippen molar-refractivity contribution in [3.8, 4) is 0 Å².